The van der Waals surface area contributed by atoms with Crippen molar-refractivity contribution < 1.29 is 23.8 Å². The first-order chi connectivity index (χ1) is 16.1. The monoisotopic (exact) mass is 466 g/mol. The van der Waals surface area contributed by atoms with Crippen molar-refractivity contribution in [3.05, 3.63) is 77.0 Å². The van der Waals surface area contributed by atoms with Gasteiger partial charge in [-0.25, -0.2) is 9.59 Å². The first-order valence-electron chi connectivity index (χ1n) is 10.9. The number of nitrogens with zero attached hydrogens (tertiary/aromatic N) is 1. The highest BCUT2D eigenvalue weighted by Gasteiger charge is 2.47. The summed E-state index contributed by atoms with van der Waals surface area (Å²) in [5.41, 5.74) is 2.70. The molecule has 2 aliphatic heterocycles. The van der Waals surface area contributed by atoms with E-state index in [1.54, 1.807) is 6.07 Å². The molecule has 5 rings (SSSR count). The molecule has 1 spiro atoms. The lowest BCUT2D eigenvalue weighted by molar-refractivity contribution is -0.223. The van der Waals surface area contributed by atoms with E-state index in [1.165, 1.54) is 0 Å². The van der Waals surface area contributed by atoms with Crippen LogP contribution in [0.1, 0.15) is 17.7 Å². The number of carbonyl (C=O) groups excluding carboxylic acids is 2. The van der Waals surface area contributed by atoms with Crippen LogP contribution in [0.25, 0.3) is 10.9 Å². The zero-order valence-electron chi connectivity index (χ0n) is 17.9. The number of nitrogens with one attached hydrogen (secondary N) is 1. The van der Waals surface area contributed by atoms with Crippen LogP contribution in [0.2, 0.25) is 5.02 Å². The maximum absolute atomic E-state index is 12.3. The highest BCUT2D eigenvalue weighted by Crippen LogP contribution is 2.40. The van der Waals surface area contributed by atoms with Gasteiger partial charge in [0.05, 0.1) is 18.7 Å². The number of benzene rings is 2. The van der Waals surface area contributed by atoms with Gasteiger partial charge in [-0.15, -0.1) is 0 Å². The number of aromatic nitrogens is 1. The van der Waals surface area contributed by atoms with E-state index in [9.17, 15) is 9.59 Å². The molecule has 0 aliphatic carbocycles. The number of rotatable bonds is 5. The minimum absolute atomic E-state index is 0.186. The molecule has 8 heteroatoms. The Bertz CT molecular complexity index is 1230. The lowest BCUT2D eigenvalue weighted by Crippen LogP contribution is -2.43. The maximum Gasteiger partial charge on any atom is 0.334 e. The fraction of sp³-hybridized carbons (Fsp3) is 0.280. The Morgan fingerprint density at radius 1 is 1.06 bits per heavy atom. The number of hydrogen-bond acceptors (Lipinski definition) is 6. The first kappa shape index (κ1) is 21.6. The SMILES string of the molecule is O=C1C=CC(=O)OC2(CNCCc3c2c2ccccc2n3CCCOc2cccc(Cl)c2)O1. The molecule has 0 bridgehead atoms. The van der Waals surface area contributed by atoms with E-state index >= 15 is 0 Å². The third kappa shape index (κ3) is 4.21. The van der Waals surface area contributed by atoms with Crippen LogP contribution in [0.4, 0.5) is 0 Å². The summed E-state index contributed by atoms with van der Waals surface area (Å²) < 4.78 is 19.6. The summed E-state index contributed by atoms with van der Waals surface area (Å²) in [6.07, 6.45) is 3.66. The lowest BCUT2D eigenvalue weighted by atomic mass is 10.0. The molecule has 1 aromatic heterocycles. The van der Waals surface area contributed by atoms with Crippen molar-refractivity contribution in [1.29, 1.82) is 0 Å². The van der Waals surface area contributed by atoms with Gasteiger partial charge < -0.3 is 24.1 Å². The fourth-order valence-corrected chi connectivity index (χ4v) is 4.72. The lowest BCUT2D eigenvalue weighted by Gasteiger charge is -2.30. The van der Waals surface area contributed by atoms with E-state index in [0.29, 0.717) is 31.1 Å². The van der Waals surface area contributed by atoms with Crippen LogP contribution >= 0.6 is 11.6 Å². The Balaban J connectivity index is 1.49. The van der Waals surface area contributed by atoms with Crippen molar-refractivity contribution >= 4 is 34.4 Å². The molecule has 0 saturated carbocycles. The van der Waals surface area contributed by atoms with E-state index in [1.807, 2.05) is 42.5 Å². The third-order valence-corrected chi connectivity index (χ3v) is 6.07. The van der Waals surface area contributed by atoms with Crippen LogP contribution < -0.4 is 10.1 Å². The number of hydrogen-bond donors (Lipinski definition) is 1. The summed E-state index contributed by atoms with van der Waals surface area (Å²) >= 11 is 6.04. The molecule has 0 saturated heterocycles. The molecule has 2 aliphatic rings. The Hall–Kier alpha value is -3.29. The number of para-hydroxylation sites is 1. The Morgan fingerprint density at radius 2 is 1.85 bits per heavy atom. The topological polar surface area (TPSA) is 78.8 Å². The summed E-state index contributed by atoms with van der Waals surface area (Å²) in [7, 11) is 0. The summed E-state index contributed by atoms with van der Waals surface area (Å²) in [6.45, 7) is 2.04. The zero-order valence-corrected chi connectivity index (χ0v) is 18.6. The Morgan fingerprint density at radius 3 is 2.64 bits per heavy atom. The van der Waals surface area contributed by atoms with E-state index < -0.39 is 17.7 Å². The second-order valence-corrected chi connectivity index (χ2v) is 8.44. The number of fused-ring (bicyclic) bond motifs is 4. The molecule has 3 heterocycles. The number of esters is 2. The highest BCUT2D eigenvalue weighted by atomic mass is 35.5. The molecule has 33 heavy (non-hydrogen) atoms. The summed E-state index contributed by atoms with van der Waals surface area (Å²) in [5, 5.41) is 4.79. The molecule has 0 atom stereocenters. The standard InChI is InChI=1S/C25H23ClN2O5/c26-17-5-3-6-18(15-17)31-14-4-13-28-20-8-2-1-7-19(20)24-21(28)11-12-27-16-25(24)32-22(29)9-10-23(30)33-25/h1-3,5-10,15,27H,4,11-14,16H2. The second-order valence-electron chi connectivity index (χ2n) is 8.01. The largest absolute Gasteiger partial charge is 0.493 e. The average molecular weight is 467 g/mol. The van der Waals surface area contributed by atoms with Gasteiger partial charge in [0.15, 0.2) is 0 Å². The van der Waals surface area contributed by atoms with Crippen molar-refractivity contribution in [3.8, 4) is 5.75 Å². The van der Waals surface area contributed by atoms with E-state index in [4.69, 9.17) is 25.8 Å². The predicted octanol–water partition coefficient (Wildman–Crippen LogP) is 3.72. The quantitative estimate of drug-likeness (QED) is 0.456. The van der Waals surface area contributed by atoms with Gasteiger partial charge in [0, 0.05) is 53.3 Å². The minimum atomic E-state index is -1.52. The van der Waals surface area contributed by atoms with Crippen LogP contribution in [0.5, 0.6) is 5.75 Å². The normalized spacial score (nSPS) is 17.2. The molecule has 3 aromatic rings. The molecule has 0 fully saturated rings. The van der Waals surface area contributed by atoms with Gasteiger partial charge in [-0.05, 0) is 30.7 Å². The van der Waals surface area contributed by atoms with Crippen LogP contribution in [-0.4, -0.2) is 36.2 Å². The molecule has 2 aromatic carbocycles. The van der Waals surface area contributed by atoms with Gasteiger partial charge in [0.1, 0.15) is 5.75 Å². The maximum atomic E-state index is 12.3. The minimum Gasteiger partial charge on any atom is -0.493 e. The van der Waals surface area contributed by atoms with Crippen molar-refractivity contribution in [2.45, 2.75) is 25.2 Å². The number of aryl methyl sites for hydroxylation is 1. The van der Waals surface area contributed by atoms with E-state index in [2.05, 4.69) is 9.88 Å². The molecule has 0 radical (unpaired) electrons. The van der Waals surface area contributed by atoms with Crippen LogP contribution in [0.15, 0.2) is 60.7 Å². The molecule has 1 N–H and O–H groups in total. The van der Waals surface area contributed by atoms with Gasteiger partial charge in [-0.2, -0.15) is 0 Å². The van der Waals surface area contributed by atoms with Gasteiger partial charge in [-0.1, -0.05) is 35.9 Å². The second kappa shape index (κ2) is 8.92. The van der Waals surface area contributed by atoms with Crippen molar-refractivity contribution in [2.24, 2.45) is 0 Å². The van der Waals surface area contributed by atoms with E-state index in [0.717, 1.165) is 46.5 Å². The van der Waals surface area contributed by atoms with Crippen LogP contribution in [0, 0.1) is 0 Å². The third-order valence-electron chi connectivity index (χ3n) is 5.83. The van der Waals surface area contributed by atoms with Crippen molar-refractivity contribution in [2.75, 3.05) is 19.7 Å². The summed E-state index contributed by atoms with van der Waals surface area (Å²) in [4.78, 5) is 24.7. The molecule has 0 unspecified atom stereocenters. The van der Waals surface area contributed by atoms with Crippen LogP contribution in [-0.2, 0) is 37.8 Å². The number of halogens is 1. The Labute approximate surface area is 195 Å². The first-order valence-corrected chi connectivity index (χ1v) is 11.3. The molecule has 7 nitrogen and oxygen atoms in total. The van der Waals surface area contributed by atoms with E-state index in [-0.39, 0.29) is 6.54 Å². The van der Waals surface area contributed by atoms with Crippen LogP contribution in [0.3, 0.4) is 0 Å². The number of carbonyl (C=O) groups is 2. The fourth-order valence-electron chi connectivity index (χ4n) is 4.54. The average Bonchev–Trinajstić information content (AvgIpc) is 2.89. The predicted molar refractivity (Wildman–Crippen MR) is 123 cm³/mol. The Kier molecular flexibility index (Phi) is 5.83. The highest BCUT2D eigenvalue weighted by molar-refractivity contribution is 6.30. The van der Waals surface area contributed by atoms with Gasteiger partial charge in [-0.3, -0.25) is 0 Å². The molecule has 170 valence electrons. The van der Waals surface area contributed by atoms with Crippen molar-refractivity contribution in [3.63, 3.8) is 0 Å². The summed E-state index contributed by atoms with van der Waals surface area (Å²) in [5.74, 6) is -2.01. The zero-order chi connectivity index (χ0) is 22.8. The van der Waals surface area contributed by atoms with Crippen molar-refractivity contribution in [1.82, 2.24) is 9.88 Å². The summed E-state index contributed by atoms with van der Waals surface area (Å²) in [6, 6.07) is 15.2. The smallest absolute Gasteiger partial charge is 0.334 e. The molecular weight excluding hydrogens is 444 g/mol. The van der Waals surface area contributed by atoms with Gasteiger partial charge in [0.2, 0.25) is 0 Å². The molecule has 0 amide bonds. The number of ether oxygens (including phenoxy) is 3. The van der Waals surface area contributed by atoms with Gasteiger partial charge in [0.25, 0.3) is 5.79 Å². The molecular formula is C25H23ClN2O5. The van der Waals surface area contributed by atoms with Gasteiger partial charge >= 0.3 is 11.9 Å².